The molecule has 3 rings (SSSR count). The minimum absolute atomic E-state index is 0.135. The molecule has 0 spiro atoms. The van der Waals surface area contributed by atoms with Gasteiger partial charge < -0.3 is 9.88 Å². The predicted octanol–water partition coefficient (Wildman–Crippen LogP) is 3.37. The molecule has 0 aliphatic carbocycles. The van der Waals surface area contributed by atoms with Gasteiger partial charge in [-0.25, -0.2) is 9.07 Å². The molecule has 0 aliphatic heterocycles. The van der Waals surface area contributed by atoms with Crippen LogP contribution in [0.3, 0.4) is 0 Å². The molecular formula is C23H27ClFN5O3. The van der Waals surface area contributed by atoms with Crippen molar-refractivity contribution in [2.75, 3.05) is 13.6 Å². The molecule has 3 aromatic rings. The van der Waals surface area contributed by atoms with Crippen LogP contribution in [0, 0.1) is 12.7 Å². The number of nitrogens with zero attached hydrogens (tertiary/aromatic N) is 3. The molecule has 0 bridgehead atoms. The number of carbonyl (C=O) groups is 1. The van der Waals surface area contributed by atoms with Crippen molar-refractivity contribution < 1.29 is 9.18 Å². The Labute approximate surface area is 195 Å². The fourth-order valence-corrected chi connectivity index (χ4v) is 3.38. The van der Waals surface area contributed by atoms with E-state index in [1.165, 1.54) is 27.4 Å². The summed E-state index contributed by atoms with van der Waals surface area (Å²) in [6.07, 6.45) is 3.58. The van der Waals surface area contributed by atoms with Gasteiger partial charge in [0.1, 0.15) is 12.4 Å². The number of carbonyl (C=O) groups excluding carboxylic acids is 1. The Kier molecular flexibility index (Phi) is 8.93. The first-order chi connectivity index (χ1) is 15.8. The molecule has 0 unspecified atom stereocenters. The normalized spacial score (nSPS) is 11.5. The van der Waals surface area contributed by atoms with E-state index < -0.39 is 22.8 Å². The number of halogens is 2. The second kappa shape index (κ2) is 11.4. The van der Waals surface area contributed by atoms with Crippen molar-refractivity contribution in [1.29, 1.82) is 0 Å². The Morgan fingerprint density at radius 1 is 1.27 bits per heavy atom. The maximum Gasteiger partial charge on any atom is 0.280 e. The van der Waals surface area contributed by atoms with Crippen LogP contribution in [0.2, 0.25) is 5.02 Å². The summed E-state index contributed by atoms with van der Waals surface area (Å²) in [6.45, 7) is 7.40. The lowest BCUT2D eigenvalue weighted by molar-refractivity contribution is -0.121. The third-order valence-corrected chi connectivity index (χ3v) is 5.08. The highest BCUT2D eigenvalue weighted by atomic mass is 35.5. The summed E-state index contributed by atoms with van der Waals surface area (Å²) in [5.41, 5.74) is 0.754. The Morgan fingerprint density at radius 3 is 2.58 bits per heavy atom. The zero-order valence-corrected chi connectivity index (χ0v) is 20.0. The van der Waals surface area contributed by atoms with Gasteiger partial charge in [-0.15, -0.1) is 0 Å². The van der Waals surface area contributed by atoms with Gasteiger partial charge >= 0.3 is 0 Å². The Hall–Kier alpha value is -3.46. The highest BCUT2D eigenvalue weighted by molar-refractivity contribution is 6.30. The van der Waals surface area contributed by atoms with E-state index in [9.17, 15) is 18.8 Å². The summed E-state index contributed by atoms with van der Waals surface area (Å²) in [6, 6.07) is 5.09. The fraction of sp³-hybridized carbons (Fsp3) is 0.304. The van der Waals surface area contributed by atoms with Crippen molar-refractivity contribution in [3.8, 4) is 5.69 Å². The molecule has 0 saturated carbocycles. The van der Waals surface area contributed by atoms with Crippen molar-refractivity contribution in [2.45, 2.75) is 34.2 Å². The van der Waals surface area contributed by atoms with Crippen LogP contribution in [-0.2, 0) is 11.3 Å². The average Bonchev–Trinajstić information content (AvgIpc) is 3.13. The van der Waals surface area contributed by atoms with Gasteiger partial charge in [-0.05, 0) is 38.1 Å². The third kappa shape index (κ3) is 5.67. The van der Waals surface area contributed by atoms with Gasteiger partial charge in [-0.3, -0.25) is 24.5 Å². The lowest BCUT2D eigenvalue weighted by Gasteiger charge is -2.10. The zero-order chi connectivity index (χ0) is 24.7. The van der Waals surface area contributed by atoms with Crippen LogP contribution in [0.15, 0.2) is 51.0 Å². The molecule has 0 saturated heterocycles. The Balaban J connectivity index is 0.00000187. The van der Waals surface area contributed by atoms with E-state index in [2.05, 4.69) is 15.4 Å². The van der Waals surface area contributed by atoms with Crippen molar-refractivity contribution in [1.82, 2.24) is 19.7 Å². The molecule has 1 amide bonds. The van der Waals surface area contributed by atoms with Crippen molar-refractivity contribution >= 4 is 34.1 Å². The summed E-state index contributed by atoms with van der Waals surface area (Å²) in [5.74, 6) is -1.00. The number of rotatable bonds is 6. The number of nitrogens with one attached hydrogen (secondary N) is 2. The molecule has 10 heteroatoms. The molecule has 0 fully saturated rings. The van der Waals surface area contributed by atoms with Crippen LogP contribution in [0.4, 0.5) is 4.39 Å². The lowest BCUT2D eigenvalue weighted by atomic mass is 10.2. The summed E-state index contributed by atoms with van der Waals surface area (Å²) in [4.78, 5) is 42.0. The van der Waals surface area contributed by atoms with Crippen LogP contribution >= 0.6 is 11.6 Å². The molecule has 2 aromatic heterocycles. The number of allylic oxidation sites excluding steroid dienone is 1. The van der Waals surface area contributed by atoms with E-state index >= 15 is 0 Å². The minimum atomic E-state index is -0.609. The number of hydrogen-bond acceptors (Lipinski definition) is 4. The summed E-state index contributed by atoms with van der Waals surface area (Å²) in [7, 11) is 1.62. The van der Waals surface area contributed by atoms with Crippen LogP contribution in [0.25, 0.3) is 16.6 Å². The second-order valence-electron chi connectivity index (χ2n) is 6.79. The highest BCUT2D eigenvalue weighted by Gasteiger charge is 2.17. The molecule has 33 heavy (non-hydrogen) atoms. The molecule has 2 heterocycles. The van der Waals surface area contributed by atoms with Gasteiger partial charge in [0.2, 0.25) is 5.91 Å². The topological polar surface area (TPSA) is 101 Å². The van der Waals surface area contributed by atoms with E-state index in [4.69, 9.17) is 11.6 Å². The van der Waals surface area contributed by atoms with Crippen LogP contribution < -0.4 is 16.4 Å². The third-order valence-electron chi connectivity index (χ3n) is 4.80. The first-order valence-electron chi connectivity index (χ1n) is 10.4. The fourth-order valence-electron chi connectivity index (χ4n) is 3.21. The van der Waals surface area contributed by atoms with Crippen molar-refractivity contribution in [2.24, 2.45) is 4.99 Å². The van der Waals surface area contributed by atoms with E-state index in [0.717, 1.165) is 6.07 Å². The number of pyridine rings is 1. The Bertz CT molecular complexity index is 1330. The first-order valence-corrected chi connectivity index (χ1v) is 10.8. The summed E-state index contributed by atoms with van der Waals surface area (Å²) < 4.78 is 15.9. The smallest absolute Gasteiger partial charge is 0.280 e. The zero-order valence-electron chi connectivity index (χ0n) is 19.2. The number of aromatic amines is 1. The van der Waals surface area contributed by atoms with Crippen molar-refractivity contribution in [3.63, 3.8) is 0 Å². The predicted molar refractivity (Wildman–Crippen MR) is 130 cm³/mol. The molecular weight excluding hydrogens is 449 g/mol. The summed E-state index contributed by atoms with van der Waals surface area (Å²) >= 11 is 5.82. The molecule has 2 N–H and O–H groups in total. The SMILES string of the molecule is C/C=C\C(CNC(=O)Cn1c(C)c2c(=O)n(-c3ccc(F)c(Cl)c3)[nH]c2cc1=O)=NC.CC. The second-order valence-corrected chi connectivity index (χ2v) is 7.19. The van der Waals surface area contributed by atoms with Gasteiger partial charge in [-0.2, -0.15) is 0 Å². The number of fused-ring (bicyclic) bond motifs is 1. The van der Waals surface area contributed by atoms with E-state index in [1.54, 1.807) is 20.0 Å². The van der Waals surface area contributed by atoms with Crippen LogP contribution in [0.1, 0.15) is 26.5 Å². The number of aromatic nitrogens is 3. The van der Waals surface area contributed by atoms with Gasteiger partial charge in [-0.1, -0.05) is 31.5 Å². The molecule has 0 aliphatic rings. The largest absolute Gasteiger partial charge is 0.349 e. The van der Waals surface area contributed by atoms with Crippen molar-refractivity contribution in [3.05, 3.63) is 73.7 Å². The Morgan fingerprint density at radius 2 is 1.97 bits per heavy atom. The quantitative estimate of drug-likeness (QED) is 0.534. The molecule has 8 nitrogen and oxygen atoms in total. The number of hydrogen-bond donors (Lipinski definition) is 2. The minimum Gasteiger partial charge on any atom is -0.349 e. The number of aliphatic imine (C=N–C) groups is 1. The van der Waals surface area contributed by atoms with Crippen LogP contribution in [0.5, 0.6) is 0 Å². The van der Waals surface area contributed by atoms with E-state index in [0.29, 0.717) is 22.6 Å². The first kappa shape index (κ1) is 25.8. The molecule has 0 radical (unpaired) electrons. The van der Waals surface area contributed by atoms with Crippen LogP contribution in [-0.4, -0.2) is 39.6 Å². The molecule has 0 atom stereocenters. The van der Waals surface area contributed by atoms with E-state index in [1.807, 2.05) is 26.8 Å². The number of aryl methyl sites for hydroxylation is 1. The molecule has 1 aromatic carbocycles. The average molecular weight is 476 g/mol. The maximum atomic E-state index is 13.5. The van der Waals surface area contributed by atoms with E-state index in [-0.39, 0.29) is 23.5 Å². The van der Waals surface area contributed by atoms with Gasteiger partial charge in [0.05, 0.1) is 33.9 Å². The maximum absolute atomic E-state index is 13.5. The highest BCUT2D eigenvalue weighted by Crippen LogP contribution is 2.19. The number of H-pyrrole nitrogens is 1. The molecule has 176 valence electrons. The number of benzene rings is 1. The summed E-state index contributed by atoms with van der Waals surface area (Å²) in [5, 5.41) is 5.65. The standard InChI is InChI=1S/C21H21ClFN5O3.C2H6/c1-4-5-13(24-3)10-25-18(29)11-27-12(2)20-17(9-19(27)30)26-28(21(20)31)14-6-7-16(23)15(22)8-14;1-2/h4-9,26H,10-11H2,1-3H3,(H,25,29);1-2H3/b5-4-,24-13?;. The van der Waals surface area contributed by atoms with Gasteiger partial charge in [0.25, 0.3) is 11.1 Å². The number of amides is 1. The monoisotopic (exact) mass is 475 g/mol. The van der Waals surface area contributed by atoms with Gasteiger partial charge in [0, 0.05) is 18.8 Å². The van der Waals surface area contributed by atoms with Gasteiger partial charge in [0.15, 0.2) is 0 Å². The lowest BCUT2D eigenvalue weighted by Crippen LogP contribution is -2.35.